The summed E-state index contributed by atoms with van der Waals surface area (Å²) in [4.78, 5) is 0. The first-order valence-corrected chi connectivity index (χ1v) is 7.80. The van der Waals surface area contributed by atoms with E-state index in [1.807, 2.05) is 0 Å². The summed E-state index contributed by atoms with van der Waals surface area (Å²) in [6, 6.07) is 4.48. The second kappa shape index (κ2) is 7.16. The summed E-state index contributed by atoms with van der Waals surface area (Å²) >= 11 is 0. The molecule has 0 heterocycles. The van der Waals surface area contributed by atoms with Gasteiger partial charge in [0.1, 0.15) is 0 Å². The van der Waals surface area contributed by atoms with Crippen LogP contribution in [0.4, 0.5) is 8.78 Å². The van der Waals surface area contributed by atoms with Crippen LogP contribution in [-0.4, -0.2) is 6.54 Å². The van der Waals surface area contributed by atoms with E-state index in [2.05, 4.69) is 19.2 Å². The van der Waals surface area contributed by atoms with Crippen LogP contribution in [0.1, 0.15) is 57.6 Å². The van der Waals surface area contributed by atoms with Gasteiger partial charge in [-0.05, 0) is 55.3 Å². The van der Waals surface area contributed by atoms with Gasteiger partial charge in [-0.3, -0.25) is 0 Å². The molecule has 3 atom stereocenters. The molecule has 1 aliphatic rings. The van der Waals surface area contributed by atoms with Gasteiger partial charge in [0.05, 0.1) is 0 Å². The maximum absolute atomic E-state index is 13.5. The number of hydrogen-bond donors (Lipinski definition) is 1. The standard InChI is InChI=1S/C17H25F2N/c1-3-9-20-17(13-6-4-5-12(2)10-13)14-7-8-15(18)16(19)11-14/h7-8,11-13,17,20H,3-6,9-10H2,1-2H3. The average Bonchev–Trinajstić information content (AvgIpc) is 2.43. The molecule has 112 valence electrons. The van der Waals surface area contributed by atoms with Crippen molar-refractivity contribution in [2.24, 2.45) is 11.8 Å². The van der Waals surface area contributed by atoms with Crippen LogP contribution >= 0.6 is 0 Å². The van der Waals surface area contributed by atoms with Crippen molar-refractivity contribution < 1.29 is 8.78 Å². The predicted molar refractivity (Wildman–Crippen MR) is 78.5 cm³/mol. The van der Waals surface area contributed by atoms with Crippen molar-refractivity contribution in [3.63, 3.8) is 0 Å². The highest BCUT2D eigenvalue weighted by atomic mass is 19.2. The Labute approximate surface area is 120 Å². The lowest BCUT2D eigenvalue weighted by atomic mass is 9.76. The van der Waals surface area contributed by atoms with E-state index in [4.69, 9.17) is 0 Å². The Kier molecular flexibility index (Phi) is 5.53. The van der Waals surface area contributed by atoms with Crippen LogP contribution in [0.25, 0.3) is 0 Å². The molecular formula is C17H25F2N. The summed E-state index contributed by atoms with van der Waals surface area (Å²) < 4.78 is 26.6. The molecule has 1 fully saturated rings. The Morgan fingerprint density at radius 2 is 2.05 bits per heavy atom. The molecule has 1 aliphatic carbocycles. The molecule has 3 unspecified atom stereocenters. The van der Waals surface area contributed by atoms with Crippen molar-refractivity contribution >= 4 is 0 Å². The van der Waals surface area contributed by atoms with Gasteiger partial charge in [-0.2, -0.15) is 0 Å². The van der Waals surface area contributed by atoms with Crippen LogP contribution < -0.4 is 5.32 Å². The number of benzene rings is 1. The van der Waals surface area contributed by atoms with Crippen molar-refractivity contribution in [3.8, 4) is 0 Å². The quantitative estimate of drug-likeness (QED) is 0.815. The number of nitrogens with one attached hydrogen (secondary N) is 1. The van der Waals surface area contributed by atoms with Gasteiger partial charge in [-0.1, -0.05) is 32.8 Å². The smallest absolute Gasteiger partial charge is 0.159 e. The molecule has 0 spiro atoms. The van der Waals surface area contributed by atoms with Crippen LogP contribution in [0, 0.1) is 23.5 Å². The lowest BCUT2D eigenvalue weighted by Crippen LogP contribution is -2.32. The van der Waals surface area contributed by atoms with Crippen LogP contribution in [-0.2, 0) is 0 Å². The fourth-order valence-electron chi connectivity index (χ4n) is 3.35. The third-order valence-corrected chi connectivity index (χ3v) is 4.37. The topological polar surface area (TPSA) is 12.0 Å². The lowest BCUT2D eigenvalue weighted by Gasteiger charge is -2.34. The zero-order valence-electron chi connectivity index (χ0n) is 12.5. The molecule has 0 saturated heterocycles. The predicted octanol–water partition coefficient (Wildman–Crippen LogP) is 4.83. The Morgan fingerprint density at radius 3 is 2.70 bits per heavy atom. The molecule has 0 bridgehead atoms. The number of rotatable bonds is 5. The highest BCUT2D eigenvalue weighted by Crippen LogP contribution is 2.37. The molecule has 1 aromatic rings. The van der Waals surface area contributed by atoms with E-state index in [1.54, 1.807) is 6.07 Å². The van der Waals surface area contributed by atoms with Crippen LogP contribution in [0.2, 0.25) is 0 Å². The third-order valence-electron chi connectivity index (χ3n) is 4.37. The normalized spacial score (nSPS) is 24.6. The fourth-order valence-corrected chi connectivity index (χ4v) is 3.35. The summed E-state index contributed by atoms with van der Waals surface area (Å²) in [7, 11) is 0. The molecule has 2 rings (SSSR count). The lowest BCUT2D eigenvalue weighted by molar-refractivity contribution is 0.223. The minimum absolute atomic E-state index is 0.146. The van der Waals surface area contributed by atoms with E-state index in [0.29, 0.717) is 5.92 Å². The van der Waals surface area contributed by atoms with E-state index in [0.717, 1.165) is 24.4 Å². The minimum atomic E-state index is -0.764. The monoisotopic (exact) mass is 281 g/mol. The summed E-state index contributed by atoms with van der Waals surface area (Å²) in [6.07, 6.45) is 5.90. The second-order valence-corrected chi connectivity index (χ2v) is 6.14. The molecule has 0 radical (unpaired) electrons. The maximum atomic E-state index is 13.5. The first-order valence-electron chi connectivity index (χ1n) is 7.80. The van der Waals surface area contributed by atoms with Gasteiger partial charge in [-0.15, -0.1) is 0 Å². The molecule has 1 N–H and O–H groups in total. The van der Waals surface area contributed by atoms with Crippen molar-refractivity contribution in [2.45, 2.75) is 52.0 Å². The first-order chi connectivity index (χ1) is 9.61. The van der Waals surface area contributed by atoms with Gasteiger partial charge in [0.15, 0.2) is 11.6 Å². The summed E-state index contributed by atoms with van der Waals surface area (Å²) in [5.41, 5.74) is 0.886. The van der Waals surface area contributed by atoms with E-state index in [1.165, 1.54) is 37.8 Å². The average molecular weight is 281 g/mol. The molecule has 0 aliphatic heterocycles. The van der Waals surface area contributed by atoms with Crippen molar-refractivity contribution in [2.75, 3.05) is 6.54 Å². The fraction of sp³-hybridized carbons (Fsp3) is 0.647. The molecular weight excluding hydrogens is 256 g/mol. The first kappa shape index (κ1) is 15.4. The van der Waals surface area contributed by atoms with Crippen LogP contribution in [0.5, 0.6) is 0 Å². The van der Waals surface area contributed by atoms with E-state index < -0.39 is 11.6 Å². The third kappa shape index (κ3) is 3.78. The van der Waals surface area contributed by atoms with Gasteiger partial charge in [-0.25, -0.2) is 8.78 Å². The maximum Gasteiger partial charge on any atom is 0.159 e. The van der Waals surface area contributed by atoms with E-state index in [-0.39, 0.29) is 6.04 Å². The highest BCUT2D eigenvalue weighted by Gasteiger charge is 2.27. The van der Waals surface area contributed by atoms with Crippen molar-refractivity contribution in [1.29, 1.82) is 0 Å². The SMILES string of the molecule is CCCNC(c1ccc(F)c(F)c1)C1CCCC(C)C1. The Balaban J connectivity index is 2.19. The largest absolute Gasteiger partial charge is 0.310 e. The van der Waals surface area contributed by atoms with Crippen LogP contribution in [0.15, 0.2) is 18.2 Å². The minimum Gasteiger partial charge on any atom is -0.310 e. The molecule has 0 aromatic heterocycles. The zero-order valence-corrected chi connectivity index (χ0v) is 12.5. The zero-order chi connectivity index (χ0) is 14.5. The van der Waals surface area contributed by atoms with Crippen molar-refractivity contribution in [1.82, 2.24) is 5.32 Å². The number of halogens is 2. The molecule has 3 heteroatoms. The molecule has 20 heavy (non-hydrogen) atoms. The van der Waals surface area contributed by atoms with Gasteiger partial charge in [0.2, 0.25) is 0 Å². The van der Waals surface area contributed by atoms with Gasteiger partial charge < -0.3 is 5.32 Å². The van der Waals surface area contributed by atoms with Gasteiger partial charge >= 0.3 is 0 Å². The van der Waals surface area contributed by atoms with Gasteiger partial charge in [0, 0.05) is 6.04 Å². The second-order valence-electron chi connectivity index (χ2n) is 6.14. The Morgan fingerprint density at radius 1 is 1.25 bits per heavy atom. The molecule has 1 nitrogen and oxygen atoms in total. The van der Waals surface area contributed by atoms with E-state index >= 15 is 0 Å². The summed E-state index contributed by atoms with van der Waals surface area (Å²) in [5, 5.41) is 3.53. The summed E-state index contributed by atoms with van der Waals surface area (Å²) in [6.45, 7) is 5.32. The highest BCUT2D eigenvalue weighted by molar-refractivity contribution is 5.22. The van der Waals surface area contributed by atoms with Gasteiger partial charge in [0.25, 0.3) is 0 Å². The molecule has 1 aromatic carbocycles. The Bertz CT molecular complexity index is 433. The molecule has 1 saturated carbocycles. The molecule has 0 amide bonds. The van der Waals surface area contributed by atoms with Crippen molar-refractivity contribution in [3.05, 3.63) is 35.4 Å². The van der Waals surface area contributed by atoms with Crippen LogP contribution in [0.3, 0.4) is 0 Å². The Hall–Kier alpha value is -0.960. The summed E-state index contributed by atoms with van der Waals surface area (Å²) in [5.74, 6) is -0.255. The van der Waals surface area contributed by atoms with E-state index in [9.17, 15) is 8.78 Å². The number of hydrogen-bond acceptors (Lipinski definition) is 1.